The lowest BCUT2D eigenvalue weighted by atomic mass is 9.75. The van der Waals surface area contributed by atoms with E-state index in [1.54, 1.807) is 0 Å². The third kappa shape index (κ3) is 2.60. The molecular formula is C10H18ClNO. The summed E-state index contributed by atoms with van der Waals surface area (Å²) in [6.07, 6.45) is 4.78. The van der Waals surface area contributed by atoms with Crippen molar-refractivity contribution in [2.75, 3.05) is 5.88 Å². The van der Waals surface area contributed by atoms with Gasteiger partial charge in [0.15, 0.2) is 0 Å². The highest BCUT2D eigenvalue weighted by Gasteiger charge is 2.34. The number of hydrogen-bond donors (Lipinski definition) is 1. The van der Waals surface area contributed by atoms with E-state index >= 15 is 0 Å². The summed E-state index contributed by atoms with van der Waals surface area (Å²) in [7, 11) is 0. The summed E-state index contributed by atoms with van der Waals surface area (Å²) in [5.41, 5.74) is -0.0236. The first kappa shape index (κ1) is 10.8. The molecule has 3 heteroatoms. The van der Waals surface area contributed by atoms with E-state index in [1.165, 1.54) is 19.3 Å². The molecule has 1 rings (SSSR count). The topological polar surface area (TPSA) is 29.1 Å². The van der Waals surface area contributed by atoms with Crippen LogP contribution in [0, 0.1) is 5.92 Å². The minimum atomic E-state index is -0.0436. The normalized spacial score (nSPS) is 34.2. The number of rotatable bonds is 2. The van der Waals surface area contributed by atoms with Crippen LogP contribution in [0.2, 0.25) is 0 Å². The zero-order chi connectivity index (χ0) is 9.90. The highest BCUT2D eigenvalue weighted by molar-refractivity contribution is 6.27. The average Bonchev–Trinajstić information content (AvgIpc) is 2.10. The molecular weight excluding hydrogens is 186 g/mol. The fourth-order valence-electron chi connectivity index (χ4n) is 2.05. The van der Waals surface area contributed by atoms with Gasteiger partial charge >= 0.3 is 0 Å². The Hall–Kier alpha value is -0.240. The molecule has 1 aliphatic carbocycles. The Labute approximate surface area is 85.0 Å². The molecule has 1 aliphatic rings. The van der Waals surface area contributed by atoms with Crippen molar-refractivity contribution in [3.05, 3.63) is 0 Å². The first-order chi connectivity index (χ1) is 6.08. The lowest BCUT2D eigenvalue weighted by Gasteiger charge is -2.40. The Morgan fingerprint density at radius 3 is 2.85 bits per heavy atom. The van der Waals surface area contributed by atoms with Gasteiger partial charge in [0, 0.05) is 5.54 Å². The molecule has 0 aliphatic heterocycles. The van der Waals surface area contributed by atoms with E-state index in [4.69, 9.17) is 11.6 Å². The zero-order valence-corrected chi connectivity index (χ0v) is 9.16. The van der Waals surface area contributed by atoms with E-state index in [0.717, 1.165) is 6.42 Å². The standard InChI is InChI=1S/C10H18ClNO/c1-8-5-3-4-6-10(8,2)12-9(13)7-11/h8H,3-7H2,1-2H3,(H,12,13). The van der Waals surface area contributed by atoms with E-state index < -0.39 is 0 Å². The SMILES string of the molecule is CC1CCCCC1(C)NC(=O)CCl. The molecule has 0 aromatic carbocycles. The first-order valence-electron chi connectivity index (χ1n) is 4.95. The summed E-state index contributed by atoms with van der Waals surface area (Å²) in [5.74, 6) is 0.591. The van der Waals surface area contributed by atoms with Crippen molar-refractivity contribution in [1.29, 1.82) is 0 Å². The molecule has 0 saturated heterocycles. The molecule has 0 heterocycles. The van der Waals surface area contributed by atoms with Gasteiger partial charge in [-0.2, -0.15) is 0 Å². The molecule has 2 unspecified atom stereocenters. The summed E-state index contributed by atoms with van der Waals surface area (Å²) in [5, 5.41) is 3.02. The first-order valence-corrected chi connectivity index (χ1v) is 5.49. The maximum atomic E-state index is 11.2. The van der Waals surface area contributed by atoms with Gasteiger partial charge in [-0.05, 0) is 25.7 Å². The van der Waals surface area contributed by atoms with Crippen molar-refractivity contribution in [3.63, 3.8) is 0 Å². The van der Waals surface area contributed by atoms with Crippen LogP contribution in [-0.2, 0) is 4.79 Å². The zero-order valence-electron chi connectivity index (χ0n) is 8.40. The Balaban J connectivity index is 2.56. The van der Waals surface area contributed by atoms with Crippen LogP contribution in [0.15, 0.2) is 0 Å². The summed E-state index contributed by atoms with van der Waals surface area (Å²) in [6, 6.07) is 0. The number of nitrogens with one attached hydrogen (secondary N) is 1. The van der Waals surface area contributed by atoms with Crippen LogP contribution in [0.4, 0.5) is 0 Å². The predicted molar refractivity (Wildman–Crippen MR) is 54.9 cm³/mol. The molecule has 2 nitrogen and oxygen atoms in total. The minimum absolute atomic E-state index is 0.0236. The molecule has 0 aromatic rings. The van der Waals surface area contributed by atoms with Gasteiger partial charge in [-0.15, -0.1) is 11.6 Å². The molecule has 0 bridgehead atoms. The highest BCUT2D eigenvalue weighted by Crippen LogP contribution is 2.32. The lowest BCUT2D eigenvalue weighted by molar-refractivity contribution is -0.121. The van der Waals surface area contributed by atoms with E-state index in [-0.39, 0.29) is 17.3 Å². The Kier molecular flexibility index (Phi) is 3.60. The van der Waals surface area contributed by atoms with Gasteiger partial charge in [0.05, 0.1) is 0 Å². The number of halogens is 1. The Morgan fingerprint density at radius 1 is 1.62 bits per heavy atom. The van der Waals surface area contributed by atoms with Crippen LogP contribution in [0.1, 0.15) is 39.5 Å². The van der Waals surface area contributed by atoms with Crippen molar-refractivity contribution in [2.45, 2.75) is 45.1 Å². The molecule has 2 atom stereocenters. The second-order valence-corrected chi connectivity index (χ2v) is 4.51. The number of carbonyl (C=O) groups is 1. The van der Waals surface area contributed by atoms with Crippen LogP contribution in [0.3, 0.4) is 0 Å². The molecule has 1 saturated carbocycles. The maximum Gasteiger partial charge on any atom is 0.235 e. The number of alkyl halides is 1. The van der Waals surface area contributed by atoms with Crippen LogP contribution in [0.25, 0.3) is 0 Å². The monoisotopic (exact) mass is 203 g/mol. The minimum Gasteiger partial charge on any atom is -0.350 e. The van der Waals surface area contributed by atoms with Crippen molar-refractivity contribution in [3.8, 4) is 0 Å². The van der Waals surface area contributed by atoms with Crippen LogP contribution < -0.4 is 5.32 Å². The van der Waals surface area contributed by atoms with Gasteiger partial charge in [-0.25, -0.2) is 0 Å². The fourth-order valence-corrected chi connectivity index (χ4v) is 2.11. The van der Waals surface area contributed by atoms with E-state index in [0.29, 0.717) is 5.92 Å². The summed E-state index contributed by atoms with van der Waals surface area (Å²) in [6.45, 7) is 4.33. The molecule has 76 valence electrons. The maximum absolute atomic E-state index is 11.2. The number of amides is 1. The third-order valence-corrected chi connectivity index (χ3v) is 3.46. The predicted octanol–water partition coefficient (Wildman–Crippen LogP) is 2.31. The van der Waals surface area contributed by atoms with Gasteiger partial charge in [-0.1, -0.05) is 19.8 Å². The van der Waals surface area contributed by atoms with Crippen molar-refractivity contribution < 1.29 is 4.79 Å². The third-order valence-electron chi connectivity index (χ3n) is 3.22. The van der Waals surface area contributed by atoms with E-state index in [2.05, 4.69) is 19.2 Å². The molecule has 13 heavy (non-hydrogen) atoms. The quantitative estimate of drug-likeness (QED) is 0.686. The molecule has 0 spiro atoms. The largest absolute Gasteiger partial charge is 0.350 e. The van der Waals surface area contributed by atoms with Gasteiger partial charge in [0.25, 0.3) is 0 Å². The smallest absolute Gasteiger partial charge is 0.235 e. The average molecular weight is 204 g/mol. The molecule has 1 N–H and O–H groups in total. The second kappa shape index (κ2) is 4.32. The second-order valence-electron chi connectivity index (χ2n) is 4.25. The Bertz CT molecular complexity index is 195. The summed E-state index contributed by atoms with van der Waals surface area (Å²) in [4.78, 5) is 11.2. The van der Waals surface area contributed by atoms with Crippen molar-refractivity contribution in [1.82, 2.24) is 5.32 Å². The molecule has 0 aromatic heterocycles. The van der Waals surface area contributed by atoms with Gasteiger partial charge in [0.2, 0.25) is 5.91 Å². The number of hydrogen-bond acceptors (Lipinski definition) is 1. The van der Waals surface area contributed by atoms with Crippen LogP contribution >= 0.6 is 11.6 Å². The highest BCUT2D eigenvalue weighted by atomic mass is 35.5. The van der Waals surface area contributed by atoms with E-state index in [1.807, 2.05) is 0 Å². The van der Waals surface area contributed by atoms with Gasteiger partial charge < -0.3 is 5.32 Å². The molecule has 0 radical (unpaired) electrons. The van der Waals surface area contributed by atoms with Gasteiger partial charge in [0.1, 0.15) is 5.88 Å². The van der Waals surface area contributed by atoms with Crippen molar-refractivity contribution in [2.24, 2.45) is 5.92 Å². The van der Waals surface area contributed by atoms with Crippen LogP contribution in [0.5, 0.6) is 0 Å². The lowest BCUT2D eigenvalue weighted by Crippen LogP contribution is -2.52. The summed E-state index contributed by atoms with van der Waals surface area (Å²) >= 11 is 5.47. The van der Waals surface area contributed by atoms with E-state index in [9.17, 15) is 4.79 Å². The summed E-state index contributed by atoms with van der Waals surface area (Å²) < 4.78 is 0. The Morgan fingerprint density at radius 2 is 2.31 bits per heavy atom. The molecule has 1 fully saturated rings. The van der Waals surface area contributed by atoms with Crippen LogP contribution in [-0.4, -0.2) is 17.3 Å². The number of carbonyl (C=O) groups excluding carboxylic acids is 1. The van der Waals surface area contributed by atoms with Gasteiger partial charge in [-0.3, -0.25) is 4.79 Å². The fraction of sp³-hybridized carbons (Fsp3) is 0.900. The van der Waals surface area contributed by atoms with Crippen molar-refractivity contribution >= 4 is 17.5 Å². The molecule has 1 amide bonds.